The van der Waals surface area contributed by atoms with Gasteiger partial charge >= 0.3 is 0 Å². The summed E-state index contributed by atoms with van der Waals surface area (Å²) in [6.07, 6.45) is 3.31. The highest BCUT2D eigenvalue weighted by atomic mass is 16.2. The molecule has 0 spiro atoms. The lowest BCUT2D eigenvalue weighted by molar-refractivity contribution is -0.118. The number of hydrogen-bond acceptors (Lipinski definition) is 4. The van der Waals surface area contributed by atoms with Crippen LogP contribution >= 0.6 is 0 Å². The predicted molar refractivity (Wildman–Crippen MR) is 104 cm³/mol. The van der Waals surface area contributed by atoms with E-state index in [0.717, 1.165) is 0 Å². The summed E-state index contributed by atoms with van der Waals surface area (Å²) < 4.78 is 1.63. The number of amides is 3. The third-order valence-electron chi connectivity index (χ3n) is 6.61. The molecule has 0 bridgehead atoms. The Labute approximate surface area is 163 Å². The molecule has 1 saturated carbocycles. The van der Waals surface area contributed by atoms with E-state index in [1.165, 1.54) is 4.90 Å². The summed E-state index contributed by atoms with van der Waals surface area (Å²) in [6, 6.07) is 6.83. The van der Waals surface area contributed by atoms with Crippen molar-refractivity contribution in [3.63, 3.8) is 0 Å². The molecule has 7 heteroatoms. The number of fused-ring (bicyclic) bond motifs is 1. The summed E-state index contributed by atoms with van der Waals surface area (Å²) in [6.45, 7) is 8.99. The zero-order valence-corrected chi connectivity index (χ0v) is 16.5. The standard InChI is InChI=1S/C21H24N4O3/c1-20(2)16(21(20,3)4)17(26)23-13-11-22-24(12-13)9-10-25-18(27)14-7-5-6-8-15(14)19(25)28/h5-8,11-12,16H,9-10H2,1-4H3,(H,23,26). The lowest BCUT2D eigenvalue weighted by Gasteiger charge is -2.13. The number of carbonyl (C=O) groups excluding carboxylic acids is 3. The molecule has 7 nitrogen and oxygen atoms in total. The quantitative estimate of drug-likeness (QED) is 0.809. The second kappa shape index (κ2) is 6.02. The zero-order valence-electron chi connectivity index (χ0n) is 16.5. The van der Waals surface area contributed by atoms with Crippen LogP contribution in [0.3, 0.4) is 0 Å². The Bertz CT molecular complexity index is 940. The van der Waals surface area contributed by atoms with E-state index < -0.39 is 0 Å². The van der Waals surface area contributed by atoms with E-state index in [4.69, 9.17) is 0 Å². The van der Waals surface area contributed by atoms with Crippen LogP contribution < -0.4 is 5.32 Å². The Kier molecular flexibility index (Phi) is 3.96. The topological polar surface area (TPSA) is 84.3 Å². The molecule has 1 aliphatic heterocycles. The van der Waals surface area contributed by atoms with Gasteiger partial charge in [-0.3, -0.25) is 24.0 Å². The van der Waals surface area contributed by atoms with Gasteiger partial charge < -0.3 is 5.32 Å². The van der Waals surface area contributed by atoms with Crippen LogP contribution in [-0.2, 0) is 11.3 Å². The van der Waals surface area contributed by atoms with Gasteiger partial charge in [0.2, 0.25) is 5.91 Å². The van der Waals surface area contributed by atoms with Gasteiger partial charge in [-0.15, -0.1) is 0 Å². The van der Waals surface area contributed by atoms with Gasteiger partial charge in [0.05, 0.1) is 29.6 Å². The van der Waals surface area contributed by atoms with E-state index in [-0.39, 0.29) is 41.0 Å². The summed E-state index contributed by atoms with van der Waals surface area (Å²) in [4.78, 5) is 38.6. The van der Waals surface area contributed by atoms with Crippen molar-refractivity contribution in [1.29, 1.82) is 0 Å². The predicted octanol–water partition coefficient (Wildman–Crippen LogP) is 2.80. The number of anilines is 1. The molecule has 146 valence electrons. The molecule has 0 radical (unpaired) electrons. The van der Waals surface area contributed by atoms with Crippen molar-refractivity contribution in [3.05, 3.63) is 47.8 Å². The third kappa shape index (κ3) is 2.65. The van der Waals surface area contributed by atoms with Crippen LogP contribution in [0, 0.1) is 16.7 Å². The van der Waals surface area contributed by atoms with Crippen LogP contribution in [0.25, 0.3) is 0 Å². The Morgan fingerprint density at radius 2 is 1.61 bits per heavy atom. The Balaban J connectivity index is 1.37. The van der Waals surface area contributed by atoms with Crippen molar-refractivity contribution in [2.45, 2.75) is 34.2 Å². The van der Waals surface area contributed by atoms with Gasteiger partial charge in [0.25, 0.3) is 11.8 Å². The minimum Gasteiger partial charge on any atom is -0.323 e. The molecule has 1 aromatic heterocycles. The van der Waals surface area contributed by atoms with Crippen molar-refractivity contribution in [3.8, 4) is 0 Å². The maximum absolute atomic E-state index is 12.5. The van der Waals surface area contributed by atoms with Crippen molar-refractivity contribution < 1.29 is 14.4 Å². The number of nitrogens with zero attached hydrogens (tertiary/aromatic N) is 3. The average molecular weight is 380 g/mol. The Morgan fingerprint density at radius 1 is 1.04 bits per heavy atom. The maximum Gasteiger partial charge on any atom is 0.261 e. The number of nitrogens with one attached hydrogen (secondary N) is 1. The average Bonchev–Trinajstić information content (AvgIpc) is 2.97. The van der Waals surface area contributed by atoms with Crippen LogP contribution in [-0.4, -0.2) is 38.9 Å². The first-order valence-corrected chi connectivity index (χ1v) is 9.43. The molecule has 1 aliphatic carbocycles. The van der Waals surface area contributed by atoms with E-state index in [1.54, 1.807) is 41.3 Å². The summed E-state index contributed by atoms with van der Waals surface area (Å²) in [5.41, 5.74) is 1.44. The summed E-state index contributed by atoms with van der Waals surface area (Å²) >= 11 is 0. The molecule has 4 rings (SSSR count). The molecule has 1 fully saturated rings. The first-order chi connectivity index (χ1) is 13.1. The first kappa shape index (κ1) is 18.4. The molecule has 0 atom stereocenters. The highest BCUT2D eigenvalue weighted by Gasteiger charge is 2.68. The minimum atomic E-state index is -0.278. The minimum absolute atomic E-state index is 0.00472. The molecule has 3 amide bonds. The van der Waals surface area contributed by atoms with Gasteiger partial charge in [0, 0.05) is 18.7 Å². The molecule has 28 heavy (non-hydrogen) atoms. The fourth-order valence-corrected chi connectivity index (χ4v) is 4.26. The van der Waals surface area contributed by atoms with Crippen LogP contribution in [0.4, 0.5) is 5.69 Å². The largest absolute Gasteiger partial charge is 0.323 e. The third-order valence-corrected chi connectivity index (χ3v) is 6.61. The second-order valence-electron chi connectivity index (χ2n) is 8.67. The normalized spacial score (nSPS) is 19.6. The lowest BCUT2D eigenvalue weighted by Crippen LogP contribution is -2.33. The van der Waals surface area contributed by atoms with Crippen molar-refractivity contribution in [2.75, 3.05) is 11.9 Å². The van der Waals surface area contributed by atoms with Gasteiger partial charge in [0.1, 0.15) is 0 Å². The van der Waals surface area contributed by atoms with Gasteiger partial charge in [0.15, 0.2) is 0 Å². The number of rotatable bonds is 5. The van der Waals surface area contributed by atoms with Gasteiger partial charge in [-0.05, 0) is 23.0 Å². The molecular weight excluding hydrogens is 356 g/mol. The zero-order chi connectivity index (χ0) is 20.3. The fourth-order valence-electron chi connectivity index (χ4n) is 4.26. The Hall–Kier alpha value is -2.96. The van der Waals surface area contributed by atoms with Crippen LogP contribution in [0.2, 0.25) is 0 Å². The number of aromatic nitrogens is 2. The smallest absolute Gasteiger partial charge is 0.261 e. The van der Waals surface area contributed by atoms with E-state index >= 15 is 0 Å². The van der Waals surface area contributed by atoms with Crippen molar-refractivity contribution >= 4 is 23.4 Å². The number of carbonyl (C=O) groups is 3. The van der Waals surface area contributed by atoms with Crippen molar-refractivity contribution in [1.82, 2.24) is 14.7 Å². The number of imide groups is 1. The van der Waals surface area contributed by atoms with Gasteiger partial charge in [-0.1, -0.05) is 39.8 Å². The summed E-state index contributed by atoms with van der Waals surface area (Å²) in [5, 5.41) is 7.16. The van der Waals surface area contributed by atoms with E-state index in [1.807, 2.05) is 0 Å². The molecule has 1 aromatic carbocycles. The summed E-state index contributed by atoms with van der Waals surface area (Å²) in [5.74, 6) is -0.601. The van der Waals surface area contributed by atoms with Crippen LogP contribution in [0.5, 0.6) is 0 Å². The molecular formula is C21H24N4O3. The molecule has 0 saturated heterocycles. The molecule has 2 aromatic rings. The molecule has 1 N–H and O–H groups in total. The maximum atomic E-state index is 12.5. The van der Waals surface area contributed by atoms with E-state index in [2.05, 4.69) is 38.1 Å². The lowest BCUT2D eigenvalue weighted by atomic mass is 10.0. The fraction of sp³-hybridized carbons (Fsp3) is 0.429. The first-order valence-electron chi connectivity index (χ1n) is 9.43. The van der Waals surface area contributed by atoms with Crippen LogP contribution in [0.1, 0.15) is 48.4 Å². The number of hydrogen-bond donors (Lipinski definition) is 1. The van der Waals surface area contributed by atoms with Gasteiger partial charge in [-0.2, -0.15) is 5.10 Å². The summed E-state index contributed by atoms with van der Waals surface area (Å²) in [7, 11) is 0. The second-order valence-corrected chi connectivity index (χ2v) is 8.67. The van der Waals surface area contributed by atoms with Crippen molar-refractivity contribution in [2.24, 2.45) is 16.7 Å². The van der Waals surface area contributed by atoms with E-state index in [9.17, 15) is 14.4 Å². The monoisotopic (exact) mass is 380 g/mol. The number of benzene rings is 1. The highest BCUT2D eigenvalue weighted by molar-refractivity contribution is 6.21. The van der Waals surface area contributed by atoms with E-state index in [0.29, 0.717) is 23.4 Å². The SMILES string of the molecule is CC1(C)C(C(=O)Nc2cnn(CCN3C(=O)c4ccccc4C3=O)c2)C1(C)C. The molecule has 2 aliphatic rings. The van der Waals surface area contributed by atoms with Gasteiger partial charge in [-0.25, -0.2) is 0 Å². The molecule has 2 heterocycles. The molecule has 0 unspecified atom stereocenters. The highest BCUT2D eigenvalue weighted by Crippen LogP contribution is 2.68. The Morgan fingerprint density at radius 3 is 2.14 bits per heavy atom. The van der Waals surface area contributed by atoms with Crippen LogP contribution in [0.15, 0.2) is 36.7 Å².